The van der Waals surface area contributed by atoms with Crippen molar-refractivity contribution in [3.8, 4) is 0 Å². The molecule has 0 radical (unpaired) electrons. The molecule has 0 saturated carbocycles. The SMILES string of the molecule is CCN(CC(C)(C)O)S(=O)(=O)c1cccc(C)c1. The first-order valence-electron chi connectivity index (χ1n) is 5.96. The fraction of sp³-hybridized carbons (Fsp3) is 0.538. The third kappa shape index (κ3) is 3.80. The van der Waals surface area contributed by atoms with E-state index < -0.39 is 15.6 Å². The van der Waals surface area contributed by atoms with Crippen LogP contribution in [0.25, 0.3) is 0 Å². The molecule has 0 amide bonds. The molecule has 1 rings (SSSR count). The number of likely N-dealkylation sites (N-methyl/N-ethyl adjacent to an activating group) is 1. The van der Waals surface area contributed by atoms with Crippen LogP contribution in [0, 0.1) is 6.92 Å². The second-order valence-corrected chi connectivity index (χ2v) is 7.00. The minimum Gasteiger partial charge on any atom is -0.389 e. The molecule has 1 aromatic carbocycles. The first kappa shape index (κ1) is 15.1. The van der Waals surface area contributed by atoms with Crippen molar-refractivity contribution in [2.45, 2.75) is 38.2 Å². The Balaban J connectivity index is 3.11. The zero-order chi connectivity index (χ0) is 14.0. The van der Waals surface area contributed by atoms with Gasteiger partial charge < -0.3 is 5.11 Å². The van der Waals surface area contributed by atoms with Gasteiger partial charge in [0.2, 0.25) is 10.0 Å². The van der Waals surface area contributed by atoms with E-state index in [9.17, 15) is 13.5 Å². The van der Waals surface area contributed by atoms with E-state index in [2.05, 4.69) is 0 Å². The van der Waals surface area contributed by atoms with Crippen LogP contribution in [0.4, 0.5) is 0 Å². The third-order valence-corrected chi connectivity index (χ3v) is 4.46. The first-order valence-corrected chi connectivity index (χ1v) is 7.40. The number of sulfonamides is 1. The lowest BCUT2D eigenvalue weighted by atomic mass is 10.1. The average Bonchev–Trinajstić information content (AvgIpc) is 2.24. The Hall–Kier alpha value is -0.910. The lowest BCUT2D eigenvalue weighted by Crippen LogP contribution is -2.42. The summed E-state index contributed by atoms with van der Waals surface area (Å²) in [6.07, 6.45) is 0. The van der Waals surface area contributed by atoms with Gasteiger partial charge in [-0.25, -0.2) is 8.42 Å². The highest BCUT2D eigenvalue weighted by Crippen LogP contribution is 2.19. The van der Waals surface area contributed by atoms with Crippen LogP contribution < -0.4 is 0 Å². The van der Waals surface area contributed by atoms with Crippen molar-refractivity contribution in [3.63, 3.8) is 0 Å². The van der Waals surface area contributed by atoms with Gasteiger partial charge in [-0.05, 0) is 38.5 Å². The van der Waals surface area contributed by atoms with E-state index in [1.807, 2.05) is 13.0 Å². The van der Waals surface area contributed by atoms with Crippen molar-refractivity contribution in [2.75, 3.05) is 13.1 Å². The number of aryl methyl sites for hydroxylation is 1. The smallest absolute Gasteiger partial charge is 0.243 e. The number of benzene rings is 1. The highest BCUT2D eigenvalue weighted by molar-refractivity contribution is 7.89. The number of rotatable bonds is 5. The molecule has 18 heavy (non-hydrogen) atoms. The predicted octanol–water partition coefficient (Wildman–Crippen LogP) is 1.78. The lowest BCUT2D eigenvalue weighted by Gasteiger charge is -2.27. The summed E-state index contributed by atoms with van der Waals surface area (Å²) < 4.78 is 26.1. The van der Waals surface area contributed by atoms with Crippen LogP contribution in [0.3, 0.4) is 0 Å². The molecule has 4 nitrogen and oxygen atoms in total. The predicted molar refractivity (Wildman–Crippen MR) is 71.9 cm³/mol. The fourth-order valence-corrected chi connectivity index (χ4v) is 3.43. The van der Waals surface area contributed by atoms with Gasteiger partial charge in [-0.1, -0.05) is 19.1 Å². The second-order valence-electron chi connectivity index (χ2n) is 5.06. The van der Waals surface area contributed by atoms with Crippen LogP contribution in [0.15, 0.2) is 29.2 Å². The Morgan fingerprint density at radius 3 is 2.39 bits per heavy atom. The van der Waals surface area contributed by atoms with Crippen molar-refractivity contribution < 1.29 is 13.5 Å². The molecule has 0 unspecified atom stereocenters. The Morgan fingerprint density at radius 2 is 1.94 bits per heavy atom. The molecule has 0 aromatic heterocycles. The van der Waals surface area contributed by atoms with Gasteiger partial charge in [0.25, 0.3) is 0 Å². The zero-order valence-electron chi connectivity index (χ0n) is 11.3. The van der Waals surface area contributed by atoms with E-state index in [-0.39, 0.29) is 11.4 Å². The van der Waals surface area contributed by atoms with Crippen LogP contribution in [-0.2, 0) is 10.0 Å². The highest BCUT2D eigenvalue weighted by Gasteiger charge is 2.28. The summed E-state index contributed by atoms with van der Waals surface area (Å²) >= 11 is 0. The zero-order valence-corrected chi connectivity index (χ0v) is 12.2. The lowest BCUT2D eigenvalue weighted by molar-refractivity contribution is 0.0601. The molecule has 0 spiro atoms. The molecule has 5 heteroatoms. The van der Waals surface area contributed by atoms with Crippen molar-refractivity contribution in [3.05, 3.63) is 29.8 Å². The minimum atomic E-state index is -3.53. The molecule has 0 fully saturated rings. The van der Waals surface area contributed by atoms with Crippen molar-refractivity contribution in [1.82, 2.24) is 4.31 Å². The van der Waals surface area contributed by atoms with E-state index in [0.29, 0.717) is 6.54 Å². The average molecular weight is 271 g/mol. The van der Waals surface area contributed by atoms with Crippen molar-refractivity contribution >= 4 is 10.0 Å². The molecule has 0 bridgehead atoms. The highest BCUT2D eigenvalue weighted by atomic mass is 32.2. The molecular weight excluding hydrogens is 250 g/mol. The van der Waals surface area contributed by atoms with Crippen LogP contribution in [-0.4, -0.2) is 36.5 Å². The number of hydrogen-bond donors (Lipinski definition) is 1. The number of aliphatic hydroxyl groups is 1. The van der Waals surface area contributed by atoms with E-state index in [4.69, 9.17) is 0 Å². The summed E-state index contributed by atoms with van der Waals surface area (Å²) in [7, 11) is -3.53. The maximum Gasteiger partial charge on any atom is 0.243 e. The molecular formula is C13H21NO3S. The van der Waals surface area contributed by atoms with Gasteiger partial charge in [-0.2, -0.15) is 4.31 Å². The maximum atomic E-state index is 12.4. The molecule has 0 atom stereocenters. The summed E-state index contributed by atoms with van der Waals surface area (Å²) in [5.41, 5.74) is -0.150. The van der Waals surface area contributed by atoms with Crippen LogP contribution in [0.1, 0.15) is 26.3 Å². The van der Waals surface area contributed by atoms with Gasteiger partial charge in [-0.3, -0.25) is 0 Å². The third-order valence-electron chi connectivity index (χ3n) is 2.54. The molecule has 0 saturated heterocycles. The molecule has 0 aliphatic rings. The standard InChI is InChI=1S/C13H21NO3S/c1-5-14(10-13(3,4)15)18(16,17)12-8-6-7-11(2)9-12/h6-9,15H,5,10H2,1-4H3. The van der Waals surface area contributed by atoms with Gasteiger partial charge >= 0.3 is 0 Å². The monoisotopic (exact) mass is 271 g/mol. The number of nitrogens with zero attached hydrogens (tertiary/aromatic N) is 1. The molecule has 0 aliphatic carbocycles. The van der Waals surface area contributed by atoms with Crippen LogP contribution >= 0.6 is 0 Å². The topological polar surface area (TPSA) is 57.6 Å². The van der Waals surface area contributed by atoms with E-state index in [1.165, 1.54) is 4.31 Å². The Labute approximate surface area is 109 Å². The second kappa shape index (κ2) is 5.38. The van der Waals surface area contributed by atoms with Gasteiger partial charge in [0.05, 0.1) is 10.5 Å². The summed E-state index contributed by atoms with van der Waals surface area (Å²) in [6, 6.07) is 6.79. The Kier molecular flexibility index (Phi) is 4.53. The summed E-state index contributed by atoms with van der Waals surface area (Å²) in [6.45, 7) is 7.23. The van der Waals surface area contributed by atoms with Gasteiger partial charge in [0.1, 0.15) is 0 Å². The molecule has 0 heterocycles. The summed E-state index contributed by atoms with van der Waals surface area (Å²) in [4.78, 5) is 0.272. The van der Waals surface area contributed by atoms with E-state index >= 15 is 0 Å². The maximum absolute atomic E-state index is 12.4. The fourth-order valence-electron chi connectivity index (χ4n) is 1.72. The summed E-state index contributed by atoms with van der Waals surface area (Å²) in [5, 5.41) is 9.78. The van der Waals surface area contributed by atoms with Crippen molar-refractivity contribution in [1.29, 1.82) is 0 Å². The van der Waals surface area contributed by atoms with Crippen LogP contribution in [0.5, 0.6) is 0 Å². The molecule has 0 aliphatic heterocycles. The molecule has 1 N–H and O–H groups in total. The normalized spacial score (nSPS) is 13.0. The Bertz CT molecular complexity index is 503. The van der Waals surface area contributed by atoms with E-state index in [1.54, 1.807) is 39.0 Å². The quantitative estimate of drug-likeness (QED) is 0.888. The largest absolute Gasteiger partial charge is 0.389 e. The van der Waals surface area contributed by atoms with E-state index in [0.717, 1.165) is 5.56 Å². The first-order chi connectivity index (χ1) is 8.16. The summed E-state index contributed by atoms with van der Waals surface area (Å²) in [5.74, 6) is 0. The van der Waals surface area contributed by atoms with Gasteiger partial charge in [-0.15, -0.1) is 0 Å². The van der Waals surface area contributed by atoms with Crippen LogP contribution in [0.2, 0.25) is 0 Å². The Morgan fingerprint density at radius 1 is 1.33 bits per heavy atom. The molecule has 102 valence electrons. The van der Waals surface area contributed by atoms with Gasteiger partial charge in [0, 0.05) is 13.1 Å². The van der Waals surface area contributed by atoms with Crippen molar-refractivity contribution in [2.24, 2.45) is 0 Å². The molecule has 1 aromatic rings. The number of hydrogen-bond acceptors (Lipinski definition) is 3. The van der Waals surface area contributed by atoms with Gasteiger partial charge in [0.15, 0.2) is 0 Å². The minimum absolute atomic E-state index is 0.0831.